The maximum atomic E-state index is 13.6. The zero-order valence-electron chi connectivity index (χ0n) is 8.28. The molecule has 0 aliphatic rings. The Hall–Kier alpha value is -1.67. The molecular weight excluding hydrogens is 189 g/mol. The van der Waals surface area contributed by atoms with Crippen LogP contribution in [0.15, 0.2) is 48.5 Å². The molecule has 0 fully saturated rings. The molecule has 0 amide bonds. The van der Waals surface area contributed by atoms with Gasteiger partial charge in [-0.3, -0.25) is 0 Å². The van der Waals surface area contributed by atoms with E-state index in [4.69, 9.17) is 5.73 Å². The van der Waals surface area contributed by atoms with E-state index in [0.717, 1.165) is 11.1 Å². The monoisotopic (exact) mass is 201 g/mol. The third kappa shape index (κ3) is 1.90. The molecule has 0 spiro atoms. The predicted molar refractivity (Wildman–Crippen MR) is 59.7 cm³/mol. The van der Waals surface area contributed by atoms with E-state index in [1.165, 1.54) is 6.07 Å². The van der Waals surface area contributed by atoms with E-state index in [0.29, 0.717) is 12.1 Å². The van der Waals surface area contributed by atoms with Crippen molar-refractivity contribution in [1.29, 1.82) is 0 Å². The topological polar surface area (TPSA) is 26.0 Å². The Morgan fingerprint density at radius 3 is 2.13 bits per heavy atom. The summed E-state index contributed by atoms with van der Waals surface area (Å²) in [6, 6.07) is 14.3. The van der Waals surface area contributed by atoms with Crippen LogP contribution >= 0.6 is 0 Å². The fourth-order valence-electron chi connectivity index (χ4n) is 1.64. The van der Waals surface area contributed by atoms with Gasteiger partial charge in [-0.15, -0.1) is 0 Å². The van der Waals surface area contributed by atoms with Gasteiger partial charge in [0.05, 0.1) is 0 Å². The highest BCUT2D eigenvalue weighted by molar-refractivity contribution is 5.67. The minimum atomic E-state index is -0.210. The van der Waals surface area contributed by atoms with Crippen LogP contribution in [0, 0.1) is 5.82 Å². The maximum Gasteiger partial charge on any atom is 0.131 e. The zero-order chi connectivity index (χ0) is 10.7. The van der Waals surface area contributed by atoms with Crippen LogP contribution in [0.1, 0.15) is 5.56 Å². The Labute approximate surface area is 88.4 Å². The van der Waals surface area contributed by atoms with Gasteiger partial charge in [-0.25, -0.2) is 4.39 Å². The zero-order valence-corrected chi connectivity index (χ0v) is 8.28. The van der Waals surface area contributed by atoms with Gasteiger partial charge in [0.15, 0.2) is 0 Å². The summed E-state index contributed by atoms with van der Waals surface area (Å²) < 4.78 is 13.6. The SMILES string of the molecule is NCc1ccccc1-c1ccccc1F. The van der Waals surface area contributed by atoms with Crippen molar-refractivity contribution in [2.75, 3.05) is 0 Å². The molecule has 0 unspecified atom stereocenters. The molecule has 0 heterocycles. The second kappa shape index (κ2) is 4.24. The van der Waals surface area contributed by atoms with Crippen LogP contribution < -0.4 is 5.73 Å². The van der Waals surface area contributed by atoms with Crippen LogP contribution in [0.4, 0.5) is 4.39 Å². The lowest BCUT2D eigenvalue weighted by atomic mass is 9.99. The van der Waals surface area contributed by atoms with Crippen LogP contribution in [0.5, 0.6) is 0 Å². The Kier molecular flexibility index (Phi) is 2.79. The lowest BCUT2D eigenvalue weighted by Crippen LogP contribution is -1.99. The van der Waals surface area contributed by atoms with Crippen molar-refractivity contribution in [3.63, 3.8) is 0 Å². The molecule has 0 radical (unpaired) electrons. The minimum absolute atomic E-state index is 0.210. The highest BCUT2D eigenvalue weighted by atomic mass is 19.1. The van der Waals surface area contributed by atoms with E-state index in [1.54, 1.807) is 12.1 Å². The van der Waals surface area contributed by atoms with Crippen molar-refractivity contribution in [3.8, 4) is 11.1 Å². The lowest BCUT2D eigenvalue weighted by Gasteiger charge is -2.08. The Morgan fingerprint density at radius 1 is 0.867 bits per heavy atom. The van der Waals surface area contributed by atoms with E-state index in [2.05, 4.69) is 0 Å². The smallest absolute Gasteiger partial charge is 0.131 e. The van der Waals surface area contributed by atoms with Crippen LogP contribution in [0.25, 0.3) is 11.1 Å². The van der Waals surface area contributed by atoms with Gasteiger partial charge in [-0.2, -0.15) is 0 Å². The summed E-state index contributed by atoms with van der Waals surface area (Å²) in [5, 5.41) is 0. The highest BCUT2D eigenvalue weighted by Crippen LogP contribution is 2.25. The summed E-state index contributed by atoms with van der Waals surface area (Å²) in [6.07, 6.45) is 0. The molecule has 2 heteroatoms. The van der Waals surface area contributed by atoms with Crippen molar-refractivity contribution in [2.24, 2.45) is 5.73 Å². The average Bonchev–Trinajstić information content (AvgIpc) is 2.30. The fourth-order valence-corrected chi connectivity index (χ4v) is 1.64. The van der Waals surface area contributed by atoms with Crippen molar-refractivity contribution in [1.82, 2.24) is 0 Å². The number of nitrogens with two attached hydrogens (primary N) is 1. The molecule has 76 valence electrons. The van der Waals surface area contributed by atoms with Gasteiger partial charge in [-0.1, -0.05) is 42.5 Å². The second-order valence-corrected chi connectivity index (χ2v) is 3.34. The minimum Gasteiger partial charge on any atom is -0.326 e. The van der Waals surface area contributed by atoms with E-state index in [9.17, 15) is 4.39 Å². The van der Waals surface area contributed by atoms with Crippen LogP contribution in [-0.4, -0.2) is 0 Å². The van der Waals surface area contributed by atoms with Crippen molar-refractivity contribution >= 4 is 0 Å². The number of rotatable bonds is 2. The maximum absolute atomic E-state index is 13.6. The van der Waals surface area contributed by atoms with Crippen LogP contribution in [-0.2, 0) is 6.54 Å². The van der Waals surface area contributed by atoms with Crippen LogP contribution in [0.2, 0.25) is 0 Å². The van der Waals surface area contributed by atoms with E-state index >= 15 is 0 Å². The molecule has 0 saturated heterocycles. The summed E-state index contributed by atoms with van der Waals surface area (Å²) in [5.41, 5.74) is 8.06. The molecule has 0 bridgehead atoms. The van der Waals surface area contributed by atoms with E-state index in [-0.39, 0.29) is 5.82 Å². The molecule has 0 aliphatic carbocycles. The van der Waals surface area contributed by atoms with Gasteiger partial charge in [0, 0.05) is 12.1 Å². The molecule has 0 aromatic heterocycles. The van der Waals surface area contributed by atoms with Gasteiger partial charge in [0.2, 0.25) is 0 Å². The summed E-state index contributed by atoms with van der Waals surface area (Å²) in [7, 11) is 0. The van der Waals surface area contributed by atoms with Gasteiger partial charge in [0.25, 0.3) is 0 Å². The second-order valence-electron chi connectivity index (χ2n) is 3.34. The lowest BCUT2D eigenvalue weighted by molar-refractivity contribution is 0.631. The molecule has 0 atom stereocenters. The molecule has 2 aromatic rings. The number of hydrogen-bond donors (Lipinski definition) is 1. The summed E-state index contributed by atoms with van der Waals surface area (Å²) in [6.45, 7) is 0.421. The Morgan fingerprint density at radius 2 is 1.47 bits per heavy atom. The molecule has 1 nitrogen and oxygen atoms in total. The quantitative estimate of drug-likeness (QED) is 0.794. The third-order valence-electron chi connectivity index (χ3n) is 2.40. The standard InChI is InChI=1S/C13H12FN/c14-13-8-4-3-7-12(13)11-6-2-1-5-10(11)9-15/h1-8H,9,15H2. The molecule has 2 aromatic carbocycles. The molecule has 0 saturated carbocycles. The first-order valence-electron chi connectivity index (χ1n) is 4.86. The summed E-state index contributed by atoms with van der Waals surface area (Å²) in [5.74, 6) is -0.210. The highest BCUT2D eigenvalue weighted by Gasteiger charge is 2.06. The Balaban J connectivity index is 2.59. The molecule has 2 N–H and O–H groups in total. The average molecular weight is 201 g/mol. The van der Waals surface area contributed by atoms with E-state index < -0.39 is 0 Å². The molecule has 2 rings (SSSR count). The summed E-state index contributed by atoms with van der Waals surface area (Å²) in [4.78, 5) is 0. The largest absolute Gasteiger partial charge is 0.326 e. The number of hydrogen-bond acceptors (Lipinski definition) is 1. The molecular formula is C13H12FN. The summed E-state index contributed by atoms with van der Waals surface area (Å²) >= 11 is 0. The first-order valence-corrected chi connectivity index (χ1v) is 4.86. The van der Waals surface area contributed by atoms with Crippen molar-refractivity contribution < 1.29 is 4.39 Å². The number of halogens is 1. The fraction of sp³-hybridized carbons (Fsp3) is 0.0769. The van der Waals surface area contributed by atoms with Crippen molar-refractivity contribution in [2.45, 2.75) is 6.54 Å². The Bertz CT molecular complexity index is 466. The molecule has 15 heavy (non-hydrogen) atoms. The third-order valence-corrected chi connectivity index (χ3v) is 2.40. The van der Waals surface area contributed by atoms with Gasteiger partial charge < -0.3 is 5.73 Å². The van der Waals surface area contributed by atoms with Gasteiger partial charge in [0.1, 0.15) is 5.82 Å². The van der Waals surface area contributed by atoms with Gasteiger partial charge >= 0.3 is 0 Å². The normalized spacial score (nSPS) is 10.3. The number of benzene rings is 2. The molecule has 0 aliphatic heterocycles. The predicted octanol–water partition coefficient (Wildman–Crippen LogP) is 2.95. The first kappa shape index (κ1) is 9.87. The van der Waals surface area contributed by atoms with Crippen LogP contribution in [0.3, 0.4) is 0 Å². The first-order chi connectivity index (χ1) is 7.33. The van der Waals surface area contributed by atoms with Crippen molar-refractivity contribution in [3.05, 3.63) is 59.9 Å². The van der Waals surface area contributed by atoms with Gasteiger partial charge in [-0.05, 0) is 17.2 Å². The van der Waals surface area contributed by atoms with E-state index in [1.807, 2.05) is 30.3 Å².